The molecule has 1 saturated heterocycles. The third-order valence-corrected chi connectivity index (χ3v) is 4.66. The Morgan fingerprint density at radius 2 is 2.11 bits per heavy atom. The molecular weight excluding hydrogens is 239 g/mol. The van der Waals surface area contributed by atoms with E-state index in [0.717, 1.165) is 30.7 Å². The van der Waals surface area contributed by atoms with E-state index in [1.165, 1.54) is 44.7 Å². The number of nitrogens with zero attached hydrogens (tertiary/aromatic N) is 1. The first-order valence-corrected chi connectivity index (χ1v) is 7.56. The number of hydrogen-bond acceptors (Lipinski definition) is 2. The highest BCUT2D eigenvalue weighted by molar-refractivity contribution is 5.42. The lowest BCUT2D eigenvalue weighted by molar-refractivity contribution is 0.118. The maximum absolute atomic E-state index is 13.1. The van der Waals surface area contributed by atoms with Gasteiger partial charge in [0.05, 0.1) is 0 Å². The fraction of sp³-hybridized carbons (Fsp3) is 0.625. The molecule has 2 fully saturated rings. The Morgan fingerprint density at radius 1 is 1.21 bits per heavy atom. The Labute approximate surface area is 115 Å². The number of piperidine rings is 1. The number of anilines is 1. The van der Waals surface area contributed by atoms with E-state index in [1.54, 1.807) is 12.1 Å². The van der Waals surface area contributed by atoms with Crippen molar-refractivity contribution in [3.63, 3.8) is 0 Å². The molecule has 2 unspecified atom stereocenters. The maximum Gasteiger partial charge on any atom is 0.125 e. The molecule has 104 valence electrons. The van der Waals surface area contributed by atoms with E-state index >= 15 is 0 Å². The van der Waals surface area contributed by atoms with Crippen LogP contribution in [0.1, 0.15) is 32.1 Å². The highest BCUT2D eigenvalue weighted by Crippen LogP contribution is 2.36. The minimum absolute atomic E-state index is 0.168. The predicted octanol–water partition coefficient (Wildman–Crippen LogP) is 3.50. The van der Waals surface area contributed by atoms with Crippen LogP contribution >= 0.6 is 0 Å². The summed E-state index contributed by atoms with van der Waals surface area (Å²) in [5.41, 5.74) is 0.889. The summed E-state index contributed by atoms with van der Waals surface area (Å²) in [7, 11) is 0. The molecule has 1 saturated carbocycles. The summed E-state index contributed by atoms with van der Waals surface area (Å²) in [6.45, 7) is 3.23. The van der Waals surface area contributed by atoms with Gasteiger partial charge in [-0.1, -0.05) is 12.5 Å². The molecule has 1 aliphatic heterocycles. The highest BCUT2D eigenvalue weighted by Gasteiger charge is 2.34. The second-order valence-corrected chi connectivity index (χ2v) is 5.87. The summed E-state index contributed by atoms with van der Waals surface area (Å²) in [5.74, 6) is 0.779. The molecule has 0 aromatic heterocycles. The van der Waals surface area contributed by atoms with Gasteiger partial charge >= 0.3 is 0 Å². The number of halogens is 1. The summed E-state index contributed by atoms with van der Waals surface area (Å²) < 4.78 is 13.1. The van der Waals surface area contributed by atoms with Crippen molar-refractivity contribution in [2.45, 2.75) is 38.1 Å². The van der Waals surface area contributed by atoms with Gasteiger partial charge in [-0.25, -0.2) is 4.39 Å². The van der Waals surface area contributed by atoms with E-state index in [1.807, 2.05) is 6.07 Å². The summed E-state index contributed by atoms with van der Waals surface area (Å²) in [6, 6.07) is 7.56. The van der Waals surface area contributed by atoms with Crippen LogP contribution in [0, 0.1) is 11.7 Å². The molecule has 2 atom stereocenters. The van der Waals surface area contributed by atoms with Crippen molar-refractivity contribution < 1.29 is 4.39 Å². The Balaban J connectivity index is 1.49. The second kappa shape index (κ2) is 5.91. The van der Waals surface area contributed by atoms with Gasteiger partial charge in [0.15, 0.2) is 0 Å². The number of rotatable bonds is 4. The smallest absolute Gasteiger partial charge is 0.125 e. The zero-order valence-corrected chi connectivity index (χ0v) is 11.4. The summed E-state index contributed by atoms with van der Waals surface area (Å²) >= 11 is 0. The lowest BCUT2D eigenvalue weighted by Gasteiger charge is -2.37. The minimum atomic E-state index is -0.168. The first-order chi connectivity index (χ1) is 9.33. The molecule has 19 heavy (non-hydrogen) atoms. The van der Waals surface area contributed by atoms with Crippen LogP contribution in [-0.4, -0.2) is 30.6 Å². The Morgan fingerprint density at radius 3 is 3.00 bits per heavy atom. The van der Waals surface area contributed by atoms with Gasteiger partial charge in [0.2, 0.25) is 0 Å². The summed E-state index contributed by atoms with van der Waals surface area (Å²) in [6.07, 6.45) is 6.99. The Hall–Kier alpha value is -1.09. The molecule has 2 aliphatic rings. The van der Waals surface area contributed by atoms with Crippen LogP contribution in [-0.2, 0) is 0 Å². The first kappa shape index (κ1) is 12.9. The van der Waals surface area contributed by atoms with Gasteiger partial charge in [0.1, 0.15) is 5.82 Å². The lowest BCUT2D eigenvalue weighted by Crippen LogP contribution is -2.44. The van der Waals surface area contributed by atoms with Gasteiger partial charge in [0.25, 0.3) is 0 Å². The van der Waals surface area contributed by atoms with Crippen LogP contribution in [0.4, 0.5) is 10.1 Å². The second-order valence-electron chi connectivity index (χ2n) is 5.87. The van der Waals surface area contributed by atoms with E-state index < -0.39 is 0 Å². The zero-order valence-electron chi connectivity index (χ0n) is 11.4. The number of hydrogen-bond donors (Lipinski definition) is 1. The SMILES string of the molecule is Fc1cccc(NCCN2CCCC3CCCC32)c1. The van der Waals surface area contributed by atoms with Gasteiger partial charge in [-0.05, 0) is 56.3 Å². The third kappa shape index (κ3) is 3.08. The quantitative estimate of drug-likeness (QED) is 0.893. The first-order valence-electron chi connectivity index (χ1n) is 7.56. The molecule has 1 N–H and O–H groups in total. The van der Waals surface area contributed by atoms with Gasteiger partial charge in [-0.15, -0.1) is 0 Å². The predicted molar refractivity (Wildman–Crippen MR) is 76.8 cm³/mol. The molecule has 3 heteroatoms. The minimum Gasteiger partial charge on any atom is -0.384 e. The Bertz CT molecular complexity index is 421. The van der Waals surface area contributed by atoms with E-state index in [9.17, 15) is 4.39 Å². The molecule has 0 bridgehead atoms. The van der Waals surface area contributed by atoms with Gasteiger partial charge in [0, 0.05) is 24.8 Å². The van der Waals surface area contributed by atoms with Crippen molar-refractivity contribution >= 4 is 5.69 Å². The average Bonchev–Trinajstić information content (AvgIpc) is 2.88. The highest BCUT2D eigenvalue weighted by atomic mass is 19.1. The standard InChI is InChI=1S/C16H23FN2/c17-14-6-2-7-15(12-14)18-9-11-19-10-3-5-13-4-1-8-16(13)19/h2,6-7,12-13,16,18H,1,3-5,8-11H2. The number of nitrogens with one attached hydrogen (secondary N) is 1. The molecule has 1 aromatic rings. The lowest BCUT2D eigenvalue weighted by atomic mass is 9.92. The topological polar surface area (TPSA) is 15.3 Å². The van der Waals surface area contributed by atoms with E-state index in [4.69, 9.17) is 0 Å². The monoisotopic (exact) mass is 262 g/mol. The Kier molecular flexibility index (Phi) is 4.02. The average molecular weight is 262 g/mol. The van der Waals surface area contributed by atoms with Crippen molar-refractivity contribution in [2.24, 2.45) is 5.92 Å². The van der Waals surface area contributed by atoms with E-state index in [2.05, 4.69) is 10.2 Å². The van der Waals surface area contributed by atoms with E-state index in [-0.39, 0.29) is 5.82 Å². The maximum atomic E-state index is 13.1. The molecule has 3 rings (SSSR count). The molecule has 1 aliphatic carbocycles. The molecular formula is C16H23FN2. The van der Waals surface area contributed by atoms with Crippen LogP contribution in [0.2, 0.25) is 0 Å². The van der Waals surface area contributed by atoms with Crippen molar-refractivity contribution in [1.29, 1.82) is 0 Å². The zero-order chi connectivity index (χ0) is 13.1. The molecule has 2 nitrogen and oxygen atoms in total. The number of benzene rings is 1. The van der Waals surface area contributed by atoms with Crippen molar-refractivity contribution in [2.75, 3.05) is 25.0 Å². The number of likely N-dealkylation sites (tertiary alicyclic amines) is 1. The van der Waals surface area contributed by atoms with Gasteiger partial charge in [-0.3, -0.25) is 4.90 Å². The summed E-state index contributed by atoms with van der Waals surface area (Å²) in [5, 5.41) is 3.33. The van der Waals surface area contributed by atoms with Crippen molar-refractivity contribution in [3.05, 3.63) is 30.1 Å². The van der Waals surface area contributed by atoms with Crippen LogP contribution in [0.15, 0.2) is 24.3 Å². The largest absolute Gasteiger partial charge is 0.384 e. The van der Waals surface area contributed by atoms with Gasteiger partial charge in [-0.2, -0.15) is 0 Å². The van der Waals surface area contributed by atoms with Crippen LogP contribution < -0.4 is 5.32 Å². The van der Waals surface area contributed by atoms with E-state index in [0.29, 0.717) is 0 Å². The molecule has 1 heterocycles. The van der Waals surface area contributed by atoms with Crippen LogP contribution in [0.25, 0.3) is 0 Å². The number of fused-ring (bicyclic) bond motifs is 1. The third-order valence-electron chi connectivity index (χ3n) is 4.66. The molecule has 0 radical (unpaired) electrons. The van der Waals surface area contributed by atoms with Crippen LogP contribution in [0.5, 0.6) is 0 Å². The van der Waals surface area contributed by atoms with Crippen molar-refractivity contribution in [3.8, 4) is 0 Å². The molecule has 0 spiro atoms. The molecule has 1 aromatic carbocycles. The molecule has 0 amide bonds. The normalized spacial score (nSPS) is 27.2. The van der Waals surface area contributed by atoms with Crippen molar-refractivity contribution in [1.82, 2.24) is 4.90 Å². The van der Waals surface area contributed by atoms with Gasteiger partial charge < -0.3 is 5.32 Å². The van der Waals surface area contributed by atoms with Crippen LogP contribution in [0.3, 0.4) is 0 Å². The fourth-order valence-electron chi connectivity index (χ4n) is 3.78. The summed E-state index contributed by atoms with van der Waals surface area (Å²) in [4.78, 5) is 2.65. The fourth-order valence-corrected chi connectivity index (χ4v) is 3.78.